The summed E-state index contributed by atoms with van der Waals surface area (Å²) < 4.78 is 0. The van der Waals surface area contributed by atoms with Crippen molar-refractivity contribution in [3.63, 3.8) is 0 Å². The molecule has 0 radical (unpaired) electrons. The highest BCUT2D eigenvalue weighted by molar-refractivity contribution is 5.27. The minimum absolute atomic E-state index is 0.249. The second kappa shape index (κ2) is 4.85. The molecule has 88 valence electrons. The van der Waals surface area contributed by atoms with Gasteiger partial charge in [0.1, 0.15) is 5.75 Å². The predicted octanol–water partition coefficient (Wildman–Crippen LogP) is 1.77. The van der Waals surface area contributed by atoms with Crippen molar-refractivity contribution >= 4 is 0 Å². The molecule has 3 heteroatoms. The molecule has 1 aliphatic heterocycles. The molecule has 1 aromatic carbocycles. The molecule has 0 bridgehead atoms. The van der Waals surface area contributed by atoms with E-state index >= 15 is 0 Å². The van der Waals surface area contributed by atoms with Gasteiger partial charge in [-0.1, -0.05) is 12.1 Å². The first-order chi connectivity index (χ1) is 7.66. The Morgan fingerprint density at radius 3 is 2.31 bits per heavy atom. The van der Waals surface area contributed by atoms with Crippen molar-refractivity contribution < 1.29 is 10.2 Å². The number of piperidine rings is 1. The van der Waals surface area contributed by atoms with Crippen LogP contribution >= 0.6 is 0 Å². The zero-order valence-electron chi connectivity index (χ0n) is 9.63. The SMILES string of the molecule is CN1CCC(C(O)c2ccc(O)cc2)CC1. The zero-order valence-corrected chi connectivity index (χ0v) is 9.63. The molecule has 1 fully saturated rings. The summed E-state index contributed by atoms with van der Waals surface area (Å²) in [6, 6.07) is 6.87. The molecule has 1 atom stereocenters. The molecule has 0 aromatic heterocycles. The Balaban J connectivity index is 2.01. The molecule has 0 saturated carbocycles. The Hall–Kier alpha value is -1.06. The number of aliphatic hydroxyl groups is 1. The van der Waals surface area contributed by atoms with E-state index in [1.54, 1.807) is 24.3 Å². The van der Waals surface area contributed by atoms with Gasteiger partial charge in [0.05, 0.1) is 6.10 Å². The van der Waals surface area contributed by atoms with Gasteiger partial charge in [-0.05, 0) is 56.6 Å². The molecule has 1 aromatic rings. The fourth-order valence-corrected chi connectivity index (χ4v) is 2.29. The van der Waals surface area contributed by atoms with E-state index in [4.69, 9.17) is 0 Å². The highest BCUT2D eigenvalue weighted by atomic mass is 16.3. The van der Waals surface area contributed by atoms with Crippen molar-refractivity contribution in [1.82, 2.24) is 4.90 Å². The van der Waals surface area contributed by atoms with Crippen LogP contribution in [0, 0.1) is 5.92 Å². The standard InChI is InChI=1S/C13H19NO2/c1-14-8-6-11(7-9-14)13(16)10-2-4-12(15)5-3-10/h2-5,11,13,15-16H,6-9H2,1H3. The second-order valence-corrected chi connectivity index (χ2v) is 4.68. The first-order valence-corrected chi connectivity index (χ1v) is 5.82. The van der Waals surface area contributed by atoms with Gasteiger partial charge in [-0.15, -0.1) is 0 Å². The Morgan fingerprint density at radius 2 is 1.75 bits per heavy atom. The summed E-state index contributed by atoms with van der Waals surface area (Å²) in [5, 5.41) is 19.4. The Labute approximate surface area is 96.3 Å². The van der Waals surface area contributed by atoms with Crippen LogP contribution in [-0.4, -0.2) is 35.3 Å². The van der Waals surface area contributed by atoms with Crippen LogP contribution in [0.15, 0.2) is 24.3 Å². The lowest BCUT2D eigenvalue weighted by molar-refractivity contribution is 0.0657. The molecule has 2 N–H and O–H groups in total. The second-order valence-electron chi connectivity index (χ2n) is 4.68. The Morgan fingerprint density at radius 1 is 1.19 bits per heavy atom. The van der Waals surface area contributed by atoms with Crippen molar-refractivity contribution in [2.75, 3.05) is 20.1 Å². The van der Waals surface area contributed by atoms with Crippen LogP contribution in [0.1, 0.15) is 24.5 Å². The third kappa shape index (κ3) is 2.54. The van der Waals surface area contributed by atoms with Gasteiger partial charge in [-0.2, -0.15) is 0 Å². The van der Waals surface area contributed by atoms with Crippen LogP contribution in [0.5, 0.6) is 5.75 Å². The predicted molar refractivity (Wildman–Crippen MR) is 63.3 cm³/mol. The average molecular weight is 221 g/mol. The van der Waals surface area contributed by atoms with Crippen molar-refractivity contribution in [1.29, 1.82) is 0 Å². The van der Waals surface area contributed by atoms with E-state index < -0.39 is 6.10 Å². The highest BCUT2D eigenvalue weighted by Gasteiger charge is 2.24. The minimum atomic E-state index is -0.394. The first-order valence-electron chi connectivity index (χ1n) is 5.82. The third-order valence-electron chi connectivity index (χ3n) is 3.44. The molecule has 0 aliphatic carbocycles. The molecule has 0 spiro atoms. The maximum Gasteiger partial charge on any atom is 0.115 e. The summed E-state index contributed by atoms with van der Waals surface area (Å²) in [4.78, 5) is 2.29. The van der Waals surface area contributed by atoms with Crippen molar-refractivity contribution in [3.8, 4) is 5.75 Å². The van der Waals surface area contributed by atoms with Gasteiger partial charge in [0, 0.05) is 0 Å². The number of phenolic OH excluding ortho intramolecular Hbond substituents is 1. The molecule has 16 heavy (non-hydrogen) atoms. The van der Waals surface area contributed by atoms with Crippen LogP contribution in [0.3, 0.4) is 0 Å². The third-order valence-corrected chi connectivity index (χ3v) is 3.44. The number of phenols is 1. The highest BCUT2D eigenvalue weighted by Crippen LogP contribution is 2.30. The number of hydrogen-bond acceptors (Lipinski definition) is 3. The van der Waals surface area contributed by atoms with E-state index in [0.29, 0.717) is 5.92 Å². The minimum Gasteiger partial charge on any atom is -0.508 e. The number of hydrogen-bond donors (Lipinski definition) is 2. The monoisotopic (exact) mass is 221 g/mol. The first kappa shape index (κ1) is 11.4. The number of likely N-dealkylation sites (tertiary alicyclic amines) is 1. The van der Waals surface area contributed by atoms with E-state index in [-0.39, 0.29) is 5.75 Å². The van der Waals surface area contributed by atoms with Gasteiger partial charge in [0.15, 0.2) is 0 Å². The van der Waals surface area contributed by atoms with Gasteiger partial charge < -0.3 is 15.1 Å². The molecular weight excluding hydrogens is 202 g/mol. The lowest BCUT2D eigenvalue weighted by Gasteiger charge is -2.32. The van der Waals surface area contributed by atoms with Crippen LogP contribution < -0.4 is 0 Å². The Kier molecular flexibility index (Phi) is 3.46. The topological polar surface area (TPSA) is 43.7 Å². The van der Waals surface area contributed by atoms with E-state index in [0.717, 1.165) is 31.5 Å². The summed E-state index contributed by atoms with van der Waals surface area (Å²) in [5.74, 6) is 0.597. The normalized spacial score (nSPS) is 20.9. The van der Waals surface area contributed by atoms with E-state index in [2.05, 4.69) is 11.9 Å². The van der Waals surface area contributed by atoms with Gasteiger partial charge in [0.25, 0.3) is 0 Å². The van der Waals surface area contributed by atoms with Gasteiger partial charge in [-0.25, -0.2) is 0 Å². The quantitative estimate of drug-likeness (QED) is 0.800. The molecule has 0 amide bonds. The smallest absolute Gasteiger partial charge is 0.115 e. The molecular formula is C13H19NO2. The average Bonchev–Trinajstić information content (AvgIpc) is 2.30. The summed E-state index contributed by atoms with van der Waals surface area (Å²) in [6.07, 6.45) is 1.69. The number of nitrogens with zero attached hydrogens (tertiary/aromatic N) is 1. The van der Waals surface area contributed by atoms with Gasteiger partial charge in [0.2, 0.25) is 0 Å². The van der Waals surface area contributed by atoms with Crippen LogP contribution in [0.4, 0.5) is 0 Å². The Bertz CT molecular complexity index is 328. The van der Waals surface area contributed by atoms with Gasteiger partial charge in [-0.3, -0.25) is 0 Å². The fourth-order valence-electron chi connectivity index (χ4n) is 2.29. The fraction of sp³-hybridized carbons (Fsp3) is 0.538. The number of aliphatic hydroxyl groups excluding tert-OH is 1. The number of benzene rings is 1. The summed E-state index contributed by atoms with van der Waals surface area (Å²) in [7, 11) is 2.11. The molecule has 1 aliphatic rings. The molecule has 1 heterocycles. The number of rotatable bonds is 2. The molecule has 1 saturated heterocycles. The van der Waals surface area contributed by atoms with E-state index in [1.807, 2.05) is 0 Å². The summed E-state index contributed by atoms with van der Waals surface area (Å²) >= 11 is 0. The zero-order chi connectivity index (χ0) is 11.5. The lowest BCUT2D eigenvalue weighted by Crippen LogP contribution is -2.32. The molecule has 2 rings (SSSR count). The van der Waals surface area contributed by atoms with Gasteiger partial charge >= 0.3 is 0 Å². The maximum atomic E-state index is 10.2. The van der Waals surface area contributed by atoms with Crippen molar-refractivity contribution in [2.45, 2.75) is 18.9 Å². The van der Waals surface area contributed by atoms with Crippen molar-refractivity contribution in [3.05, 3.63) is 29.8 Å². The van der Waals surface area contributed by atoms with Crippen LogP contribution in [0.2, 0.25) is 0 Å². The van der Waals surface area contributed by atoms with E-state index in [1.165, 1.54) is 0 Å². The lowest BCUT2D eigenvalue weighted by atomic mass is 9.87. The number of aromatic hydroxyl groups is 1. The summed E-state index contributed by atoms with van der Waals surface area (Å²) in [6.45, 7) is 2.11. The van der Waals surface area contributed by atoms with Crippen LogP contribution in [0.25, 0.3) is 0 Å². The van der Waals surface area contributed by atoms with Crippen LogP contribution in [-0.2, 0) is 0 Å². The summed E-state index contributed by atoms with van der Waals surface area (Å²) in [5.41, 5.74) is 0.910. The van der Waals surface area contributed by atoms with E-state index in [9.17, 15) is 10.2 Å². The van der Waals surface area contributed by atoms with Crippen molar-refractivity contribution in [2.24, 2.45) is 5.92 Å². The molecule has 1 unspecified atom stereocenters. The molecule has 3 nitrogen and oxygen atoms in total. The maximum absolute atomic E-state index is 10.2. The largest absolute Gasteiger partial charge is 0.508 e.